The molecule has 0 atom stereocenters. The molecule has 3 aromatic rings. The summed E-state index contributed by atoms with van der Waals surface area (Å²) in [7, 11) is -3.21. The molecule has 1 aliphatic rings. The number of carbonyl (C=O) groups excluding carboxylic acids is 1. The maximum absolute atomic E-state index is 12.2. The first-order valence-electron chi connectivity index (χ1n) is 8.71. The van der Waals surface area contributed by atoms with E-state index >= 15 is 0 Å². The van der Waals surface area contributed by atoms with E-state index in [-0.39, 0.29) is 11.7 Å². The van der Waals surface area contributed by atoms with Crippen LogP contribution in [0.25, 0.3) is 16.2 Å². The molecule has 28 heavy (non-hydrogen) atoms. The predicted octanol–water partition coefficient (Wildman–Crippen LogP) is 4.75. The van der Waals surface area contributed by atoms with Crippen molar-refractivity contribution in [3.63, 3.8) is 0 Å². The highest BCUT2D eigenvalue weighted by Gasteiger charge is 2.28. The Morgan fingerprint density at radius 2 is 1.89 bits per heavy atom. The zero-order valence-electron chi connectivity index (χ0n) is 14.8. The lowest BCUT2D eigenvalue weighted by Gasteiger charge is -2.17. The summed E-state index contributed by atoms with van der Waals surface area (Å²) in [5.41, 5.74) is 1.21. The number of hydrogen-bond acceptors (Lipinski definition) is 4. The average molecular weight is 433 g/mol. The van der Waals surface area contributed by atoms with E-state index < -0.39 is 10.0 Å². The lowest BCUT2D eigenvalue weighted by Crippen LogP contribution is -2.24. The van der Waals surface area contributed by atoms with Gasteiger partial charge in [0, 0.05) is 33.3 Å². The number of amides is 1. The Hall–Kier alpha value is -2.35. The van der Waals surface area contributed by atoms with Gasteiger partial charge in [-0.1, -0.05) is 29.8 Å². The van der Waals surface area contributed by atoms with Gasteiger partial charge in [0.1, 0.15) is 0 Å². The van der Waals surface area contributed by atoms with E-state index in [0.717, 1.165) is 15.0 Å². The molecule has 5 nitrogen and oxygen atoms in total. The van der Waals surface area contributed by atoms with Crippen LogP contribution in [0.3, 0.4) is 0 Å². The normalized spacial score (nSPS) is 16.1. The summed E-state index contributed by atoms with van der Waals surface area (Å²) in [4.78, 5) is 13.0. The molecule has 1 N–H and O–H groups in total. The molecular weight excluding hydrogens is 416 g/mol. The van der Waals surface area contributed by atoms with Crippen molar-refractivity contribution in [3.05, 3.63) is 64.5 Å². The molecule has 0 radical (unpaired) electrons. The molecule has 1 fully saturated rings. The van der Waals surface area contributed by atoms with Gasteiger partial charge in [0.05, 0.1) is 16.5 Å². The first-order valence-corrected chi connectivity index (χ1v) is 11.5. The number of rotatable bonds is 4. The molecular formula is C20H17ClN2O3S2. The Kier molecular flexibility index (Phi) is 5.14. The summed E-state index contributed by atoms with van der Waals surface area (Å²) in [6.45, 7) is 0.493. The standard InChI is InChI=1S/C20H17ClN2O3S2/c21-20-16-4-1-2-5-17(16)27-18(20)10-11-19(24)22-14-6-8-15(9-7-14)23-12-3-13-28(23,25)26/h1-2,4-11H,3,12-13H2,(H,22,24). The smallest absolute Gasteiger partial charge is 0.248 e. The largest absolute Gasteiger partial charge is 0.323 e. The third kappa shape index (κ3) is 3.78. The molecule has 2 aromatic carbocycles. The summed E-state index contributed by atoms with van der Waals surface area (Å²) >= 11 is 7.90. The third-order valence-corrected chi connectivity index (χ3v) is 7.99. The van der Waals surface area contributed by atoms with Crippen molar-refractivity contribution in [2.24, 2.45) is 0 Å². The van der Waals surface area contributed by atoms with Crippen LogP contribution in [0.1, 0.15) is 11.3 Å². The molecule has 0 spiro atoms. The highest BCUT2D eigenvalue weighted by molar-refractivity contribution is 7.93. The Bertz CT molecular complexity index is 1170. The van der Waals surface area contributed by atoms with Crippen LogP contribution in [-0.4, -0.2) is 26.6 Å². The molecule has 0 aliphatic carbocycles. The van der Waals surface area contributed by atoms with Crippen LogP contribution in [0.2, 0.25) is 5.02 Å². The van der Waals surface area contributed by atoms with Gasteiger partial charge in [-0.25, -0.2) is 8.42 Å². The first kappa shape index (κ1) is 19.0. The van der Waals surface area contributed by atoms with Gasteiger partial charge in [0.15, 0.2) is 0 Å². The summed E-state index contributed by atoms with van der Waals surface area (Å²) in [6.07, 6.45) is 3.77. The van der Waals surface area contributed by atoms with E-state index in [0.29, 0.717) is 29.4 Å². The van der Waals surface area contributed by atoms with Gasteiger partial charge in [-0.15, -0.1) is 11.3 Å². The Morgan fingerprint density at radius 1 is 1.14 bits per heavy atom. The highest BCUT2D eigenvalue weighted by Crippen LogP contribution is 2.35. The number of anilines is 2. The van der Waals surface area contributed by atoms with Crippen molar-refractivity contribution < 1.29 is 13.2 Å². The Morgan fingerprint density at radius 3 is 2.57 bits per heavy atom. The number of thiophene rings is 1. The van der Waals surface area contributed by atoms with Gasteiger partial charge in [-0.05, 0) is 42.8 Å². The van der Waals surface area contributed by atoms with Crippen molar-refractivity contribution in [3.8, 4) is 0 Å². The number of carbonyl (C=O) groups is 1. The van der Waals surface area contributed by atoms with Crippen molar-refractivity contribution in [2.45, 2.75) is 6.42 Å². The Labute approximate surface area is 172 Å². The van der Waals surface area contributed by atoms with E-state index in [1.54, 1.807) is 30.3 Å². The zero-order valence-corrected chi connectivity index (χ0v) is 17.2. The topological polar surface area (TPSA) is 66.5 Å². The van der Waals surface area contributed by atoms with Crippen molar-refractivity contribution in [1.29, 1.82) is 0 Å². The molecule has 1 aliphatic heterocycles. The summed E-state index contributed by atoms with van der Waals surface area (Å²) in [6, 6.07) is 14.6. The minimum Gasteiger partial charge on any atom is -0.323 e. The van der Waals surface area contributed by atoms with Crippen LogP contribution in [0.15, 0.2) is 54.6 Å². The zero-order chi connectivity index (χ0) is 19.7. The van der Waals surface area contributed by atoms with Crippen molar-refractivity contribution in [2.75, 3.05) is 21.9 Å². The second kappa shape index (κ2) is 7.58. The van der Waals surface area contributed by atoms with Gasteiger partial charge >= 0.3 is 0 Å². The minimum absolute atomic E-state index is 0.177. The lowest BCUT2D eigenvalue weighted by molar-refractivity contribution is -0.111. The lowest BCUT2D eigenvalue weighted by atomic mass is 10.2. The SMILES string of the molecule is O=C(C=Cc1sc2ccccc2c1Cl)Nc1ccc(N2CCCS2(=O)=O)cc1. The van der Waals surface area contributed by atoms with Crippen LogP contribution in [0.5, 0.6) is 0 Å². The number of benzene rings is 2. The first-order chi connectivity index (χ1) is 13.4. The van der Waals surface area contributed by atoms with Gasteiger partial charge < -0.3 is 5.32 Å². The molecule has 1 saturated heterocycles. The monoisotopic (exact) mass is 432 g/mol. The van der Waals surface area contributed by atoms with Crippen LogP contribution < -0.4 is 9.62 Å². The predicted molar refractivity (Wildman–Crippen MR) is 117 cm³/mol. The maximum atomic E-state index is 12.2. The molecule has 0 unspecified atom stereocenters. The summed E-state index contributed by atoms with van der Waals surface area (Å²) in [5, 5.41) is 4.39. The maximum Gasteiger partial charge on any atom is 0.248 e. The molecule has 0 bridgehead atoms. The fraction of sp³-hybridized carbons (Fsp3) is 0.150. The molecule has 144 valence electrons. The summed E-state index contributed by atoms with van der Waals surface area (Å²) in [5.74, 6) is -0.105. The highest BCUT2D eigenvalue weighted by atomic mass is 35.5. The average Bonchev–Trinajstić information content (AvgIpc) is 3.20. The van der Waals surface area contributed by atoms with Crippen LogP contribution in [-0.2, 0) is 14.8 Å². The van der Waals surface area contributed by atoms with Gasteiger partial charge in [-0.2, -0.15) is 0 Å². The van der Waals surface area contributed by atoms with Crippen LogP contribution in [0, 0.1) is 0 Å². The molecule has 8 heteroatoms. The van der Waals surface area contributed by atoms with Gasteiger partial charge in [0.2, 0.25) is 15.9 Å². The molecule has 1 aromatic heterocycles. The number of nitrogens with one attached hydrogen (secondary N) is 1. The molecule has 0 saturated carbocycles. The van der Waals surface area contributed by atoms with E-state index in [9.17, 15) is 13.2 Å². The van der Waals surface area contributed by atoms with E-state index in [1.807, 2.05) is 24.3 Å². The third-order valence-electron chi connectivity index (χ3n) is 4.47. The fourth-order valence-corrected chi connectivity index (χ4v) is 6.08. The number of fused-ring (bicyclic) bond motifs is 1. The second-order valence-electron chi connectivity index (χ2n) is 6.39. The van der Waals surface area contributed by atoms with Crippen LogP contribution in [0.4, 0.5) is 11.4 Å². The number of nitrogens with zero attached hydrogens (tertiary/aromatic N) is 1. The van der Waals surface area contributed by atoms with Crippen molar-refractivity contribution in [1.82, 2.24) is 0 Å². The summed E-state index contributed by atoms with van der Waals surface area (Å²) < 4.78 is 26.4. The Balaban J connectivity index is 1.45. The van der Waals surface area contributed by atoms with Crippen LogP contribution >= 0.6 is 22.9 Å². The number of halogens is 1. The van der Waals surface area contributed by atoms with E-state index in [1.165, 1.54) is 21.7 Å². The van der Waals surface area contributed by atoms with Crippen molar-refractivity contribution >= 4 is 66.4 Å². The quantitative estimate of drug-likeness (QED) is 0.605. The minimum atomic E-state index is -3.21. The molecule has 1 amide bonds. The van der Waals surface area contributed by atoms with Gasteiger partial charge in [-0.3, -0.25) is 9.10 Å². The van der Waals surface area contributed by atoms with E-state index in [2.05, 4.69) is 5.32 Å². The molecule has 2 heterocycles. The molecule has 4 rings (SSSR count). The number of hydrogen-bond donors (Lipinski definition) is 1. The fourth-order valence-electron chi connectivity index (χ4n) is 3.12. The van der Waals surface area contributed by atoms with E-state index in [4.69, 9.17) is 11.6 Å². The van der Waals surface area contributed by atoms with Gasteiger partial charge in [0.25, 0.3) is 0 Å². The number of sulfonamides is 1. The second-order valence-corrected chi connectivity index (χ2v) is 9.86.